The zero-order valence-corrected chi connectivity index (χ0v) is 6.73. The highest BCUT2D eigenvalue weighted by molar-refractivity contribution is 5.79. The molecule has 0 aromatic carbocycles. The summed E-state index contributed by atoms with van der Waals surface area (Å²) in [7, 11) is 0. The molecule has 0 bridgehead atoms. The summed E-state index contributed by atoms with van der Waals surface area (Å²) in [6.07, 6.45) is 4.20. The number of hydrogen-bond donors (Lipinski definition) is 3. The van der Waals surface area contributed by atoms with E-state index in [0.717, 1.165) is 18.9 Å². The third-order valence-corrected chi connectivity index (χ3v) is 1.84. The zero-order valence-electron chi connectivity index (χ0n) is 6.73. The van der Waals surface area contributed by atoms with Crippen LogP contribution in [0.15, 0.2) is 12.3 Å². The summed E-state index contributed by atoms with van der Waals surface area (Å²) in [5, 5.41) is 20.2. The first kappa shape index (κ1) is 9.06. The number of carboxylic acid groups (broad SMARTS) is 1. The lowest BCUT2D eigenvalue weighted by atomic mass is 10.2. The number of nitrogens with one attached hydrogen (secondary N) is 1. The summed E-state index contributed by atoms with van der Waals surface area (Å²) >= 11 is 0. The largest absolute Gasteiger partial charge is 0.478 e. The first-order valence-corrected chi connectivity index (χ1v) is 4.01. The van der Waals surface area contributed by atoms with E-state index in [-0.39, 0.29) is 6.10 Å². The minimum absolute atomic E-state index is 0.330. The highest BCUT2D eigenvalue weighted by Gasteiger charge is 2.28. The van der Waals surface area contributed by atoms with Gasteiger partial charge in [0.15, 0.2) is 0 Å². The molecule has 12 heavy (non-hydrogen) atoms. The Kier molecular flexibility index (Phi) is 3.10. The molecule has 3 N–H and O–H groups in total. The molecule has 1 saturated carbocycles. The maximum absolute atomic E-state index is 10.0. The molecular weight excluding hydrogens is 158 g/mol. The fourth-order valence-corrected chi connectivity index (χ4v) is 0.967. The minimum Gasteiger partial charge on any atom is -0.478 e. The van der Waals surface area contributed by atoms with Crippen LogP contribution in [0, 0.1) is 5.92 Å². The van der Waals surface area contributed by atoms with Crippen molar-refractivity contribution in [3.63, 3.8) is 0 Å². The topological polar surface area (TPSA) is 69.6 Å². The van der Waals surface area contributed by atoms with Crippen LogP contribution in [0.5, 0.6) is 0 Å². The van der Waals surface area contributed by atoms with Crippen LogP contribution in [0.25, 0.3) is 0 Å². The third-order valence-electron chi connectivity index (χ3n) is 1.84. The van der Waals surface area contributed by atoms with Gasteiger partial charge in [-0.2, -0.15) is 0 Å². The van der Waals surface area contributed by atoms with Crippen molar-refractivity contribution in [2.45, 2.75) is 18.9 Å². The van der Waals surface area contributed by atoms with Gasteiger partial charge in [-0.15, -0.1) is 0 Å². The Morgan fingerprint density at radius 1 is 1.67 bits per heavy atom. The first-order valence-electron chi connectivity index (χ1n) is 4.01. The molecule has 4 heteroatoms. The van der Waals surface area contributed by atoms with Crippen LogP contribution in [-0.2, 0) is 4.79 Å². The quantitative estimate of drug-likeness (QED) is 0.507. The van der Waals surface area contributed by atoms with E-state index in [2.05, 4.69) is 5.32 Å². The van der Waals surface area contributed by atoms with Crippen LogP contribution in [0.2, 0.25) is 0 Å². The van der Waals surface area contributed by atoms with Crippen LogP contribution < -0.4 is 5.32 Å². The Hall–Kier alpha value is -1.03. The summed E-state index contributed by atoms with van der Waals surface area (Å²) in [6, 6.07) is 0. The van der Waals surface area contributed by atoms with E-state index in [1.807, 2.05) is 0 Å². The summed E-state index contributed by atoms with van der Waals surface area (Å²) in [4.78, 5) is 10.0. The van der Waals surface area contributed by atoms with Crippen molar-refractivity contribution < 1.29 is 15.0 Å². The molecule has 0 heterocycles. The molecule has 1 fully saturated rings. The lowest BCUT2D eigenvalue weighted by Gasteiger charge is -2.07. The van der Waals surface area contributed by atoms with Gasteiger partial charge in [-0.25, -0.2) is 4.79 Å². The van der Waals surface area contributed by atoms with Crippen molar-refractivity contribution in [2.24, 2.45) is 5.92 Å². The highest BCUT2D eigenvalue weighted by Crippen LogP contribution is 2.32. The van der Waals surface area contributed by atoms with E-state index in [0.29, 0.717) is 12.5 Å². The molecule has 0 saturated heterocycles. The molecule has 1 rings (SSSR count). The van der Waals surface area contributed by atoms with Gasteiger partial charge in [-0.1, -0.05) is 0 Å². The summed E-state index contributed by atoms with van der Waals surface area (Å²) < 4.78 is 0. The van der Waals surface area contributed by atoms with Crippen molar-refractivity contribution >= 4 is 5.97 Å². The number of aliphatic carboxylic acids is 1. The van der Waals surface area contributed by atoms with Gasteiger partial charge < -0.3 is 15.5 Å². The summed E-state index contributed by atoms with van der Waals surface area (Å²) in [5.74, 6) is -0.556. The van der Waals surface area contributed by atoms with Crippen LogP contribution in [0.4, 0.5) is 0 Å². The van der Waals surface area contributed by atoms with Gasteiger partial charge >= 0.3 is 5.97 Å². The fourth-order valence-electron chi connectivity index (χ4n) is 0.967. The second-order valence-electron chi connectivity index (χ2n) is 2.98. The van der Waals surface area contributed by atoms with Crippen molar-refractivity contribution in [2.75, 3.05) is 6.54 Å². The number of aliphatic hydroxyl groups is 1. The lowest BCUT2D eigenvalue weighted by molar-refractivity contribution is -0.131. The fraction of sp³-hybridized carbons (Fsp3) is 0.625. The second-order valence-corrected chi connectivity index (χ2v) is 2.98. The van der Waals surface area contributed by atoms with E-state index in [1.54, 1.807) is 0 Å². The molecule has 1 atom stereocenters. The highest BCUT2D eigenvalue weighted by atomic mass is 16.4. The molecule has 1 aliphatic carbocycles. The van der Waals surface area contributed by atoms with E-state index in [9.17, 15) is 9.90 Å². The van der Waals surface area contributed by atoms with Gasteiger partial charge in [0.1, 0.15) is 0 Å². The lowest BCUT2D eigenvalue weighted by Crippen LogP contribution is -2.24. The SMILES string of the molecule is O=C(O)/C=C/NCC(O)C1CC1. The van der Waals surface area contributed by atoms with Gasteiger partial charge in [-0.3, -0.25) is 0 Å². The molecule has 0 radical (unpaired) electrons. The van der Waals surface area contributed by atoms with Crippen LogP contribution in [0.1, 0.15) is 12.8 Å². The Morgan fingerprint density at radius 2 is 2.33 bits per heavy atom. The number of carbonyl (C=O) groups is 1. The van der Waals surface area contributed by atoms with E-state index < -0.39 is 5.97 Å². The molecular formula is C8H13NO3. The number of rotatable bonds is 5. The normalized spacial score (nSPS) is 19.4. The van der Waals surface area contributed by atoms with Crippen LogP contribution in [-0.4, -0.2) is 28.8 Å². The van der Waals surface area contributed by atoms with Crippen molar-refractivity contribution in [1.29, 1.82) is 0 Å². The summed E-state index contributed by atoms with van der Waals surface area (Å²) in [5.41, 5.74) is 0. The van der Waals surface area contributed by atoms with E-state index in [4.69, 9.17) is 5.11 Å². The maximum Gasteiger partial charge on any atom is 0.329 e. The van der Waals surface area contributed by atoms with Crippen LogP contribution >= 0.6 is 0 Å². The van der Waals surface area contributed by atoms with Gasteiger partial charge in [-0.05, 0) is 18.8 Å². The van der Waals surface area contributed by atoms with Crippen molar-refractivity contribution in [1.82, 2.24) is 5.32 Å². The number of hydrogen-bond acceptors (Lipinski definition) is 3. The average molecular weight is 171 g/mol. The first-order chi connectivity index (χ1) is 5.70. The van der Waals surface area contributed by atoms with Crippen LogP contribution in [0.3, 0.4) is 0 Å². The molecule has 0 aromatic heterocycles. The predicted molar refractivity (Wildman–Crippen MR) is 43.5 cm³/mol. The van der Waals surface area contributed by atoms with Crippen molar-refractivity contribution in [3.05, 3.63) is 12.3 Å². The monoisotopic (exact) mass is 171 g/mol. The maximum atomic E-state index is 10.0. The van der Waals surface area contributed by atoms with Gasteiger partial charge in [0.05, 0.1) is 6.10 Å². The molecule has 0 amide bonds. The Labute approximate surface area is 70.9 Å². The number of carboxylic acids is 1. The van der Waals surface area contributed by atoms with E-state index in [1.165, 1.54) is 6.20 Å². The van der Waals surface area contributed by atoms with Gasteiger partial charge in [0, 0.05) is 18.8 Å². The third kappa shape index (κ3) is 3.39. The summed E-state index contributed by atoms with van der Waals surface area (Å²) in [6.45, 7) is 0.439. The minimum atomic E-state index is -0.983. The molecule has 4 nitrogen and oxygen atoms in total. The average Bonchev–Trinajstić information content (AvgIpc) is 2.79. The number of aliphatic hydroxyl groups excluding tert-OH is 1. The smallest absolute Gasteiger partial charge is 0.329 e. The predicted octanol–water partition coefficient (Wildman–Crippen LogP) is -0.0548. The molecule has 0 aliphatic heterocycles. The molecule has 0 aromatic rings. The molecule has 1 aliphatic rings. The Morgan fingerprint density at radius 3 is 2.83 bits per heavy atom. The van der Waals surface area contributed by atoms with Crippen molar-refractivity contribution in [3.8, 4) is 0 Å². The van der Waals surface area contributed by atoms with Gasteiger partial charge in [0.2, 0.25) is 0 Å². The second kappa shape index (κ2) is 4.11. The molecule has 68 valence electrons. The Bertz CT molecular complexity index is 187. The molecule has 1 unspecified atom stereocenters. The molecule has 0 spiro atoms. The Balaban J connectivity index is 2.04. The standard InChI is InChI=1S/C8H13NO3/c10-7(6-1-2-6)5-9-4-3-8(11)12/h3-4,6-7,9-10H,1-2,5H2,(H,11,12)/b4-3+. The zero-order chi connectivity index (χ0) is 8.97. The van der Waals surface area contributed by atoms with E-state index >= 15 is 0 Å². The van der Waals surface area contributed by atoms with Gasteiger partial charge in [0.25, 0.3) is 0 Å².